The number of carbonyl (C=O) groups excluding carboxylic acids is 2. The van der Waals surface area contributed by atoms with Crippen LogP contribution >= 0.6 is 0 Å². The Labute approximate surface area is 216 Å². The van der Waals surface area contributed by atoms with E-state index in [9.17, 15) is 30.0 Å². The monoisotopic (exact) mass is 539 g/mol. The maximum atomic E-state index is 10.4. The van der Waals surface area contributed by atoms with Crippen molar-refractivity contribution in [3.05, 3.63) is 71.8 Å². The van der Waals surface area contributed by atoms with Crippen LogP contribution in [0.1, 0.15) is 37.2 Å². The number of carboxylic acid groups (broad SMARTS) is 2. The van der Waals surface area contributed by atoms with Gasteiger partial charge in [0.25, 0.3) is 0 Å². The number of likely N-dealkylation sites (N-methyl/N-ethyl adjacent to an activating group) is 2. The third-order valence-corrected chi connectivity index (χ3v) is 5.34. The van der Waals surface area contributed by atoms with Crippen LogP contribution in [0.2, 0.25) is 0 Å². The molecule has 0 saturated heterocycles. The quantitative estimate of drug-likeness (QED) is 0.344. The summed E-state index contributed by atoms with van der Waals surface area (Å²) in [5, 5.41) is 40.9. The number of nitrogens with zero attached hydrogens (tertiary/aromatic N) is 2. The third-order valence-electron chi connectivity index (χ3n) is 5.34. The van der Waals surface area contributed by atoms with Crippen LogP contribution in [-0.4, -0.2) is 82.2 Å². The second-order valence-corrected chi connectivity index (χ2v) is 7.77. The number of aliphatic hydroxyl groups is 2. The van der Waals surface area contributed by atoms with Gasteiger partial charge < -0.3 is 41.0 Å². The molecule has 0 aromatic heterocycles. The molecule has 199 valence electrons. The largest absolute Gasteiger partial charge is 2.00 e. The van der Waals surface area contributed by atoms with E-state index in [4.69, 9.17) is 0 Å². The Bertz CT molecular complexity index is 759. The van der Waals surface area contributed by atoms with Crippen LogP contribution in [-0.2, 0) is 26.4 Å². The SMILES string of the molecule is C[C@@H]([C@@H](O)c1ccccc1)N(C)CC(=O)[O-].C[C@@H]([C@@H](O)c1ccccc1)N(C)CC(=O)[O-].O.O.[Co+2]. The molecule has 4 atom stereocenters. The molecule has 1 radical (unpaired) electrons. The fraction of sp³-hybridized carbons (Fsp3) is 0.417. The number of rotatable bonds is 10. The predicted molar refractivity (Wildman–Crippen MR) is 124 cm³/mol. The minimum absolute atomic E-state index is 0. The van der Waals surface area contributed by atoms with Gasteiger partial charge in [-0.3, -0.25) is 9.80 Å². The third kappa shape index (κ3) is 13.3. The first-order valence-corrected chi connectivity index (χ1v) is 10.3. The van der Waals surface area contributed by atoms with Crippen LogP contribution in [0.5, 0.6) is 0 Å². The smallest absolute Gasteiger partial charge is 0.549 e. The van der Waals surface area contributed by atoms with Crippen LogP contribution in [0.15, 0.2) is 60.7 Å². The van der Waals surface area contributed by atoms with Gasteiger partial charge in [-0.2, -0.15) is 0 Å². The van der Waals surface area contributed by atoms with E-state index in [-0.39, 0.29) is 52.9 Å². The topological polar surface area (TPSA) is 190 Å². The molecule has 2 rings (SSSR count). The molecular formula is C24H36CoN2O8. The van der Waals surface area contributed by atoms with E-state index in [0.29, 0.717) is 0 Å². The fourth-order valence-electron chi connectivity index (χ4n) is 3.03. The normalized spacial score (nSPS) is 13.5. The first kappa shape index (κ1) is 37.2. The van der Waals surface area contributed by atoms with E-state index in [1.165, 1.54) is 0 Å². The Morgan fingerprint density at radius 1 is 0.714 bits per heavy atom. The summed E-state index contributed by atoms with van der Waals surface area (Å²) in [6.07, 6.45) is -1.41. The van der Waals surface area contributed by atoms with Crippen molar-refractivity contribution in [1.29, 1.82) is 0 Å². The van der Waals surface area contributed by atoms with Crippen LogP contribution in [0.4, 0.5) is 0 Å². The van der Waals surface area contributed by atoms with Crippen LogP contribution in [0.25, 0.3) is 0 Å². The summed E-state index contributed by atoms with van der Waals surface area (Å²) >= 11 is 0. The molecule has 0 fully saturated rings. The van der Waals surface area contributed by atoms with Crippen molar-refractivity contribution in [1.82, 2.24) is 9.80 Å². The molecule has 6 N–H and O–H groups in total. The van der Waals surface area contributed by atoms with Crippen molar-refractivity contribution in [2.24, 2.45) is 0 Å². The zero-order valence-electron chi connectivity index (χ0n) is 20.3. The second-order valence-electron chi connectivity index (χ2n) is 7.77. The predicted octanol–water partition coefficient (Wildman–Crippen LogP) is -2.07. The summed E-state index contributed by atoms with van der Waals surface area (Å²) in [6, 6.07) is 17.8. The van der Waals surface area contributed by atoms with Gasteiger partial charge in [0, 0.05) is 25.2 Å². The van der Waals surface area contributed by atoms with Crippen molar-refractivity contribution in [3.8, 4) is 0 Å². The van der Waals surface area contributed by atoms with Gasteiger partial charge >= 0.3 is 16.8 Å². The molecule has 0 spiro atoms. The summed E-state index contributed by atoms with van der Waals surface area (Å²) in [5.41, 5.74) is 1.56. The molecule has 2 aromatic rings. The minimum atomic E-state index is -1.14. The summed E-state index contributed by atoms with van der Waals surface area (Å²) in [6.45, 7) is 3.18. The molecule has 0 amide bonds. The Morgan fingerprint density at radius 2 is 0.971 bits per heavy atom. The van der Waals surface area contributed by atoms with Crippen molar-refractivity contribution in [2.45, 2.75) is 38.1 Å². The number of benzene rings is 2. The molecule has 11 heteroatoms. The molecule has 2 aromatic carbocycles. The van der Waals surface area contributed by atoms with Crippen molar-refractivity contribution >= 4 is 11.9 Å². The average molecular weight is 539 g/mol. The Morgan fingerprint density at radius 3 is 1.20 bits per heavy atom. The van der Waals surface area contributed by atoms with E-state index in [1.54, 1.807) is 37.7 Å². The molecule has 35 heavy (non-hydrogen) atoms. The maximum absolute atomic E-state index is 10.4. The first-order chi connectivity index (χ1) is 15.0. The molecule has 0 saturated carbocycles. The summed E-state index contributed by atoms with van der Waals surface area (Å²) in [5.74, 6) is -2.29. The van der Waals surface area contributed by atoms with Gasteiger partial charge in [-0.1, -0.05) is 60.7 Å². The Hall–Kier alpha value is -2.35. The number of hydrogen-bond donors (Lipinski definition) is 2. The van der Waals surface area contributed by atoms with Crippen molar-refractivity contribution in [3.63, 3.8) is 0 Å². The summed E-state index contributed by atoms with van der Waals surface area (Å²) in [7, 11) is 3.29. The van der Waals surface area contributed by atoms with Crippen LogP contribution < -0.4 is 10.2 Å². The van der Waals surface area contributed by atoms with E-state index in [0.717, 1.165) is 11.1 Å². The number of carboxylic acids is 2. The van der Waals surface area contributed by atoms with E-state index < -0.39 is 24.1 Å². The fourth-order valence-corrected chi connectivity index (χ4v) is 3.03. The van der Waals surface area contributed by atoms with Gasteiger partial charge in [0.2, 0.25) is 0 Å². The molecule has 0 heterocycles. The van der Waals surface area contributed by atoms with E-state index in [2.05, 4.69) is 0 Å². The summed E-state index contributed by atoms with van der Waals surface area (Å²) < 4.78 is 0. The second kappa shape index (κ2) is 18.9. The molecule has 0 aliphatic rings. The van der Waals surface area contributed by atoms with Gasteiger partial charge in [0.05, 0.1) is 24.1 Å². The zero-order chi connectivity index (χ0) is 24.3. The molecule has 0 aliphatic heterocycles. The number of carbonyl (C=O) groups is 2. The zero-order valence-corrected chi connectivity index (χ0v) is 21.3. The maximum Gasteiger partial charge on any atom is 2.00 e. The molecule has 10 nitrogen and oxygen atoms in total. The number of hydrogen-bond acceptors (Lipinski definition) is 8. The number of aliphatic hydroxyl groups excluding tert-OH is 2. The minimum Gasteiger partial charge on any atom is -0.549 e. The average Bonchev–Trinajstić information content (AvgIpc) is 2.77. The van der Waals surface area contributed by atoms with E-state index in [1.807, 2.05) is 60.7 Å². The molecule has 0 bridgehead atoms. The summed E-state index contributed by atoms with van der Waals surface area (Å²) in [4.78, 5) is 24.0. The van der Waals surface area contributed by atoms with Crippen molar-refractivity contribution in [2.75, 3.05) is 27.2 Å². The van der Waals surface area contributed by atoms with Gasteiger partial charge in [-0.05, 0) is 39.1 Å². The first-order valence-electron chi connectivity index (χ1n) is 10.3. The van der Waals surface area contributed by atoms with Gasteiger partial charge in [-0.25, -0.2) is 0 Å². The number of aliphatic carboxylic acids is 2. The Kier molecular flexibility index (Phi) is 20.1. The molecule has 0 unspecified atom stereocenters. The molecule has 0 aliphatic carbocycles. The van der Waals surface area contributed by atoms with Gasteiger partial charge in [0.15, 0.2) is 0 Å². The Balaban J connectivity index is -0.000000539. The van der Waals surface area contributed by atoms with Crippen molar-refractivity contribution < 1.29 is 57.7 Å². The standard InChI is InChI=1S/2C12H17NO3.Co.2H2O/c2*1-9(13(2)8-11(14)15)12(16)10-6-4-3-5-7-10;;;/h2*3-7,9,12,16H,8H2,1-2H3,(H,14,15);;2*1H2/q;;+2;;/p-2/t2*9-,12+;;;/m00.../s1. The van der Waals surface area contributed by atoms with Gasteiger partial charge in [0.1, 0.15) is 0 Å². The van der Waals surface area contributed by atoms with E-state index >= 15 is 0 Å². The van der Waals surface area contributed by atoms with Crippen LogP contribution in [0.3, 0.4) is 0 Å². The van der Waals surface area contributed by atoms with Crippen LogP contribution in [0, 0.1) is 0 Å². The molecular weight excluding hydrogens is 503 g/mol. The van der Waals surface area contributed by atoms with Gasteiger partial charge in [-0.15, -0.1) is 0 Å².